The van der Waals surface area contributed by atoms with Crippen LogP contribution in [0.4, 0.5) is 0 Å². The molecule has 7 heteroatoms. The predicted molar refractivity (Wildman–Crippen MR) is 162 cm³/mol. The minimum Gasteiger partial charge on any atom is -0.355 e. The Morgan fingerprint density at radius 2 is 0.919 bits per heavy atom. The van der Waals surface area contributed by atoms with Crippen molar-refractivity contribution in [2.75, 3.05) is 52.4 Å². The number of hydrazine groups is 1. The van der Waals surface area contributed by atoms with E-state index in [1.807, 2.05) is 0 Å². The summed E-state index contributed by atoms with van der Waals surface area (Å²) in [5, 5.41) is 9.81. The first-order valence-corrected chi connectivity index (χ1v) is 16.1. The molecule has 0 aliphatic heterocycles. The quantitative estimate of drug-likeness (QED) is 0.0535. The van der Waals surface area contributed by atoms with Gasteiger partial charge in [-0.25, -0.2) is 5.43 Å². The molecule has 0 aromatic rings. The van der Waals surface area contributed by atoms with Crippen LogP contribution in [0.3, 0.4) is 0 Å². The van der Waals surface area contributed by atoms with Gasteiger partial charge in [0.1, 0.15) is 0 Å². The van der Waals surface area contributed by atoms with Crippen molar-refractivity contribution < 1.29 is 4.79 Å². The summed E-state index contributed by atoms with van der Waals surface area (Å²) in [6, 6.07) is 0. The number of amides is 1. The third kappa shape index (κ3) is 33.2. The van der Waals surface area contributed by atoms with Crippen molar-refractivity contribution in [3.05, 3.63) is 0 Å². The van der Waals surface area contributed by atoms with Crippen LogP contribution < -0.4 is 32.5 Å². The van der Waals surface area contributed by atoms with E-state index in [1.165, 1.54) is 116 Å². The second-order valence-electron chi connectivity index (χ2n) is 10.6. The molecule has 0 saturated heterocycles. The van der Waals surface area contributed by atoms with Gasteiger partial charge in [0, 0.05) is 13.1 Å². The van der Waals surface area contributed by atoms with Crippen molar-refractivity contribution >= 4 is 5.91 Å². The molecule has 0 aromatic heterocycles. The molecule has 222 valence electrons. The maximum absolute atomic E-state index is 11.9. The lowest BCUT2D eigenvalue weighted by atomic mass is 10.0. The van der Waals surface area contributed by atoms with Crippen molar-refractivity contribution in [2.24, 2.45) is 5.73 Å². The molecule has 0 aliphatic carbocycles. The number of hydrogen-bond donors (Lipinski definition) is 6. The van der Waals surface area contributed by atoms with Gasteiger partial charge in [-0.2, -0.15) is 0 Å². The van der Waals surface area contributed by atoms with Crippen LogP contribution in [0.1, 0.15) is 135 Å². The summed E-state index contributed by atoms with van der Waals surface area (Å²) in [6.07, 6.45) is 26.6. The number of hydrogen-bond acceptors (Lipinski definition) is 6. The molecular weight excluding hydrogens is 460 g/mol. The predicted octanol–water partition coefficient (Wildman–Crippen LogP) is 5.16. The summed E-state index contributed by atoms with van der Waals surface area (Å²) >= 11 is 0. The van der Waals surface area contributed by atoms with E-state index in [1.54, 1.807) is 0 Å². The number of nitrogens with two attached hydrogens (primary N) is 1. The number of carbonyl (C=O) groups excluding carboxylic acids is 1. The van der Waals surface area contributed by atoms with Crippen LogP contribution in [0.5, 0.6) is 0 Å². The maximum atomic E-state index is 11.9. The van der Waals surface area contributed by atoms with E-state index in [2.05, 4.69) is 33.7 Å². The minimum absolute atomic E-state index is 0.0584. The van der Waals surface area contributed by atoms with Gasteiger partial charge in [-0.05, 0) is 64.8 Å². The Balaban J connectivity index is 3.13. The van der Waals surface area contributed by atoms with Gasteiger partial charge in [-0.3, -0.25) is 10.2 Å². The SMILES string of the molecule is CCCCCCCCCCCCCCCCCCNNCC(=O)NCCCNCCCCNCCCN. The van der Waals surface area contributed by atoms with E-state index >= 15 is 0 Å². The highest BCUT2D eigenvalue weighted by molar-refractivity contribution is 5.77. The van der Waals surface area contributed by atoms with Gasteiger partial charge in [-0.1, -0.05) is 103 Å². The molecule has 0 atom stereocenters. The fourth-order valence-corrected chi connectivity index (χ4v) is 4.47. The van der Waals surface area contributed by atoms with Gasteiger partial charge >= 0.3 is 0 Å². The molecule has 0 unspecified atom stereocenters. The van der Waals surface area contributed by atoms with Crippen molar-refractivity contribution in [1.29, 1.82) is 0 Å². The summed E-state index contributed by atoms with van der Waals surface area (Å²) in [7, 11) is 0. The van der Waals surface area contributed by atoms with Crippen molar-refractivity contribution in [3.63, 3.8) is 0 Å². The van der Waals surface area contributed by atoms with E-state index in [-0.39, 0.29) is 5.91 Å². The third-order valence-corrected chi connectivity index (χ3v) is 6.90. The first kappa shape index (κ1) is 36.3. The molecule has 0 bridgehead atoms. The number of carbonyl (C=O) groups is 1. The molecule has 0 aliphatic rings. The first-order chi connectivity index (χ1) is 18.3. The molecule has 7 N–H and O–H groups in total. The van der Waals surface area contributed by atoms with Crippen LogP contribution in [-0.4, -0.2) is 58.3 Å². The highest BCUT2D eigenvalue weighted by Gasteiger charge is 1.99. The fraction of sp³-hybridized carbons (Fsp3) is 0.967. The summed E-state index contributed by atoms with van der Waals surface area (Å²) in [4.78, 5) is 11.9. The normalized spacial score (nSPS) is 11.3. The lowest BCUT2D eigenvalue weighted by molar-refractivity contribution is -0.120. The van der Waals surface area contributed by atoms with Crippen LogP contribution >= 0.6 is 0 Å². The molecule has 1 amide bonds. The van der Waals surface area contributed by atoms with Gasteiger partial charge in [0.25, 0.3) is 0 Å². The Labute approximate surface area is 231 Å². The number of nitrogens with one attached hydrogen (secondary N) is 5. The molecule has 7 nitrogen and oxygen atoms in total. The Hall–Kier alpha value is -0.730. The molecule has 37 heavy (non-hydrogen) atoms. The van der Waals surface area contributed by atoms with Crippen LogP contribution in [0.15, 0.2) is 0 Å². The minimum atomic E-state index is 0.0584. The van der Waals surface area contributed by atoms with Gasteiger partial charge in [0.2, 0.25) is 5.91 Å². The average Bonchev–Trinajstić information content (AvgIpc) is 2.90. The Bertz CT molecular complexity index is 438. The zero-order valence-corrected chi connectivity index (χ0v) is 24.8. The lowest BCUT2D eigenvalue weighted by Crippen LogP contribution is -2.41. The third-order valence-electron chi connectivity index (χ3n) is 6.90. The maximum Gasteiger partial charge on any atom is 0.235 e. The second-order valence-corrected chi connectivity index (χ2v) is 10.6. The molecule has 0 saturated carbocycles. The number of rotatable bonds is 32. The number of unbranched alkanes of at least 4 members (excludes halogenated alkanes) is 16. The highest BCUT2D eigenvalue weighted by atomic mass is 16.2. The van der Waals surface area contributed by atoms with Crippen LogP contribution in [0.25, 0.3) is 0 Å². The van der Waals surface area contributed by atoms with Crippen molar-refractivity contribution in [2.45, 2.75) is 135 Å². The standard InChI is InChI=1S/C30H66N6O/c1-2-3-4-5-6-7-8-9-10-11-12-13-14-15-16-17-28-35-36-29-30(37)34-27-21-26-33-24-19-18-23-32-25-20-22-31/h32-33,35-36H,2-29,31H2,1H3,(H,34,37). The molecule has 0 heterocycles. The largest absolute Gasteiger partial charge is 0.355 e. The molecule has 0 spiro atoms. The van der Waals surface area contributed by atoms with Crippen LogP contribution in [0.2, 0.25) is 0 Å². The summed E-state index contributed by atoms with van der Waals surface area (Å²) < 4.78 is 0. The van der Waals surface area contributed by atoms with Gasteiger partial charge < -0.3 is 21.7 Å². The second kappa shape index (κ2) is 33.3. The lowest BCUT2D eigenvalue weighted by Gasteiger charge is -2.09. The topological polar surface area (TPSA) is 103 Å². The van der Waals surface area contributed by atoms with E-state index in [9.17, 15) is 4.79 Å². The average molecular weight is 527 g/mol. The molecule has 0 radical (unpaired) electrons. The molecular formula is C30H66N6O. The first-order valence-electron chi connectivity index (χ1n) is 16.1. The molecule has 0 aromatic carbocycles. The molecule has 0 rings (SSSR count). The molecule has 0 fully saturated rings. The zero-order valence-electron chi connectivity index (χ0n) is 24.8. The van der Waals surface area contributed by atoms with Gasteiger partial charge in [0.05, 0.1) is 6.54 Å². The smallest absolute Gasteiger partial charge is 0.235 e. The zero-order chi connectivity index (χ0) is 26.9. The van der Waals surface area contributed by atoms with E-state index in [0.717, 1.165) is 58.7 Å². The van der Waals surface area contributed by atoms with E-state index in [4.69, 9.17) is 5.73 Å². The van der Waals surface area contributed by atoms with Crippen molar-refractivity contribution in [3.8, 4) is 0 Å². The summed E-state index contributed by atoms with van der Waals surface area (Å²) in [5.41, 5.74) is 11.7. The van der Waals surface area contributed by atoms with Crippen molar-refractivity contribution in [1.82, 2.24) is 26.8 Å². The Morgan fingerprint density at radius 1 is 0.486 bits per heavy atom. The van der Waals surface area contributed by atoms with E-state index in [0.29, 0.717) is 6.54 Å². The Kier molecular flexibility index (Phi) is 32.6. The monoisotopic (exact) mass is 527 g/mol. The van der Waals surface area contributed by atoms with Crippen LogP contribution in [0, 0.1) is 0 Å². The van der Waals surface area contributed by atoms with Gasteiger partial charge in [-0.15, -0.1) is 0 Å². The van der Waals surface area contributed by atoms with Crippen LogP contribution in [-0.2, 0) is 4.79 Å². The van der Waals surface area contributed by atoms with E-state index < -0.39 is 0 Å². The Morgan fingerprint density at radius 3 is 1.43 bits per heavy atom. The summed E-state index contributed by atoms with van der Waals surface area (Å²) in [6.45, 7) is 9.12. The fourth-order valence-electron chi connectivity index (χ4n) is 4.47. The highest BCUT2D eigenvalue weighted by Crippen LogP contribution is 2.13. The summed E-state index contributed by atoms with van der Waals surface area (Å²) in [5.74, 6) is 0.0584. The van der Waals surface area contributed by atoms with Gasteiger partial charge in [0.15, 0.2) is 0 Å².